The van der Waals surface area contributed by atoms with Gasteiger partial charge in [-0.15, -0.1) is 3.89 Å². The lowest BCUT2D eigenvalue weighted by molar-refractivity contribution is -0.141. The minimum absolute atomic E-state index is 0.0502. The van der Waals surface area contributed by atoms with E-state index in [-0.39, 0.29) is 11.0 Å². The third-order valence-electron chi connectivity index (χ3n) is 1.50. The van der Waals surface area contributed by atoms with Gasteiger partial charge < -0.3 is 0 Å². The molecule has 3 nitrogen and oxygen atoms in total. The summed E-state index contributed by atoms with van der Waals surface area (Å²) >= 11 is 0. The summed E-state index contributed by atoms with van der Waals surface area (Å²) in [5.74, 6) is 0. The molecule has 1 aromatic heterocycles. The van der Waals surface area contributed by atoms with E-state index < -0.39 is 22.1 Å². The largest absolute Gasteiger partial charge is 0.433 e. The first-order valence-electron chi connectivity index (χ1n) is 3.84. The topological polar surface area (TPSA) is 47.0 Å². The molecule has 0 spiro atoms. The van der Waals surface area contributed by atoms with Crippen molar-refractivity contribution in [2.24, 2.45) is 0 Å². The molecule has 0 amide bonds. The van der Waals surface area contributed by atoms with Gasteiger partial charge in [-0.1, -0.05) is 6.07 Å². The van der Waals surface area contributed by atoms with Gasteiger partial charge in [0, 0.05) is 6.20 Å². The fourth-order valence-corrected chi connectivity index (χ4v) is 1.15. The Bertz CT molecular complexity index is 490. The highest BCUT2D eigenvalue weighted by Crippen LogP contribution is 2.27. The van der Waals surface area contributed by atoms with Crippen molar-refractivity contribution in [3.63, 3.8) is 0 Å². The van der Waals surface area contributed by atoms with Crippen molar-refractivity contribution in [3.05, 3.63) is 35.0 Å². The Kier molecular flexibility index (Phi) is 3.32. The minimum atomic E-state index is -4.79. The summed E-state index contributed by atoms with van der Waals surface area (Å²) < 4.78 is 68.4. The first-order chi connectivity index (χ1) is 7.18. The molecule has 0 N–H and O–H groups in total. The minimum Gasteiger partial charge on any atom is -0.251 e. The number of rotatable bonds is 2. The Morgan fingerprint density at radius 1 is 1.25 bits per heavy atom. The quantitative estimate of drug-likeness (QED) is 0.602. The van der Waals surface area contributed by atoms with Crippen LogP contribution in [-0.2, 0) is 16.4 Å². The maximum Gasteiger partial charge on any atom is 0.433 e. The second kappa shape index (κ2) is 4.20. The number of nitrogens with zero attached hydrogens (tertiary/aromatic N) is 1. The van der Waals surface area contributed by atoms with Crippen LogP contribution in [0.25, 0.3) is 6.08 Å². The zero-order valence-electron chi connectivity index (χ0n) is 7.57. The van der Waals surface area contributed by atoms with Gasteiger partial charge >= 0.3 is 16.4 Å². The maximum atomic E-state index is 12.1. The van der Waals surface area contributed by atoms with Crippen LogP contribution in [0.2, 0.25) is 0 Å². The van der Waals surface area contributed by atoms with E-state index in [9.17, 15) is 25.5 Å². The van der Waals surface area contributed by atoms with E-state index in [2.05, 4.69) is 4.98 Å². The fourth-order valence-electron chi connectivity index (χ4n) is 0.831. The maximum absolute atomic E-state index is 12.1. The Morgan fingerprint density at radius 3 is 2.25 bits per heavy atom. The van der Waals surface area contributed by atoms with Gasteiger partial charge in [-0.05, 0) is 17.7 Å². The van der Waals surface area contributed by atoms with Crippen LogP contribution in [0.15, 0.2) is 23.7 Å². The molecule has 1 aromatic rings. The van der Waals surface area contributed by atoms with E-state index in [1.54, 1.807) is 0 Å². The number of alkyl halides is 3. The molecule has 16 heavy (non-hydrogen) atoms. The number of pyridine rings is 1. The highest BCUT2D eigenvalue weighted by atomic mass is 32.3. The lowest BCUT2D eigenvalue weighted by Crippen LogP contribution is -2.07. The van der Waals surface area contributed by atoms with Crippen molar-refractivity contribution in [1.82, 2.24) is 4.98 Å². The van der Waals surface area contributed by atoms with Crippen LogP contribution in [0.5, 0.6) is 0 Å². The number of halogens is 4. The standard InChI is InChI=1S/C8H5F4NO2S/c9-8(10,11)7-2-1-6(5-13-7)3-4-16(12,14)15/h1-5H/b4-3+. The van der Waals surface area contributed by atoms with Crippen LogP contribution in [0.1, 0.15) is 11.3 Å². The summed E-state index contributed by atoms with van der Waals surface area (Å²) in [7, 11) is -4.79. The fraction of sp³-hybridized carbons (Fsp3) is 0.125. The van der Waals surface area contributed by atoms with Crippen LogP contribution < -0.4 is 0 Å². The van der Waals surface area contributed by atoms with Crippen LogP contribution in [0.4, 0.5) is 17.1 Å². The molecule has 0 atom stereocenters. The van der Waals surface area contributed by atoms with Crippen molar-refractivity contribution < 1.29 is 25.5 Å². The first kappa shape index (κ1) is 12.6. The third kappa shape index (κ3) is 3.97. The van der Waals surface area contributed by atoms with E-state index >= 15 is 0 Å². The van der Waals surface area contributed by atoms with E-state index in [1.807, 2.05) is 0 Å². The van der Waals surface area contributed by atoms with Gasteiger partial charge in [-0.3, -0.25) is 4.98 Å². The lowest BCUT2D eigenvalue weighted by Gasteiger charge is -2.04. The average molecular weight is 255 g/mol. The molecule has 1 rings (SSSR count). The van der Waals surface area contributed by atoms with Crippen molar-refractivity contribution in [2.45, 2.75) is 6.18 Å². The third-order valence-corrected chi connectivity index (χ3v) is 1.96. The van der Waals surface area contributed by atoms with Crippen LogP contribution >= 0.6 is 0 Å². The summed E-state index contributed by atoms with van der Waals surface area (Å²) in [5.41, 5.74) is -1.05. The van der Waals surface area contributed by atoms with E-state index in [0.29, 0.717) is 6.07 Å². The number of hydrogen-bond acceptors (Lipinski definition) is 3. The first-order valence-corrected chi connectivity index (χ1v) is 5.29. The second-order valence-corrected chi connectivity index (χ2v) is 3.98. The molecule has 1 heterocycles. The molecule has 0 saturated carbocycles. The lowest BCUT2D eigenvalue weighted by atomic mass is 10.2. The van der Waals surface area contributed by atoms with Crippen molar-refractivity contribution >= 4 is 16.3 Å². The van der Waals surface area contributed by atoms with E-state index in [1.165, 1.54) is 0 Å². The van der Waals surface area contributed by atoms with Crippen molar-refractivity contribution in [1.29, 1.82) is 0 Å². The Balaban J connectivity index is 2.93. The molecule has 0 bridgehead atoms. The van der Waals surface area contributed by atoms with Crippen LogP contribution in [0.3, 0.4) is 0 Å². The SMILES string of the molecule is O=S(=O)(F)/C=C/c1ccc(C(F)(F)F)nc1. The van der Waals surface area contributed by atoms with Gasteiger partial charge in [0.05, 0.1) is 5.41 Å². The molecular formula is C8H5F4NO2S. The zero-order valence-corrected chi connectivity index (χ0v) is 8.39. The molecule has 0 aliphatic rings. The summed E-state index contributed by atoms with van der Waals surface area (Å²) in [5, 5.41) is 0.233. The van der Waals surface area contributed by atoms with Crippen LogP contribution in [0, 0.1) is 0 Å². The molecule has 0 aliphatic heterocycles. The predicted octanol–water partition coefficient (Wildman–Crippen LogP) is 2.37. The average Bonchev–Trinajstić information content (AvgIpc) is 2.13. The molecule has 0 aliphatic carbocycles. The number of aromatic nitrogens is 1. The highest BCUT2D eigenvalue weighted by molar-refractivity contribution is 7.89. The summed E-state index contributed by atoms with van der Waals surface area (Å²) in [4.78, 5) is 3.06. The van der Waals surface area contributed by atoms with Crippen molar-refractivity contribution in [2.75, 3.05) is 0 Å². The molecule has 0 fully saturated rings. The van der Waals surface area contributed by atoms with Crippen LogP contribution in [-0.4, -0.2) is 13.4 Å². The van der Waals surface area contributed by atoms with Gasteiger partial charge in [-0.2, -0.15) is 21.6 Å². The molecule has 0 unspecified atom stereocenters. The second-order valence-electron chi connectivity index (χ2n) is 2.75. The van der Waals surface area contributed by atoms with Gasteiger partial charge in [0.25, 0.3) is 0 Å². The van der Waals surface area contributed by atoms with Gasteiger partial charge in [0.2, 0.25) is 0 Å². The Labute approximate surface area is 88.6 Å². The molecule has 0 aromatic carbocycles. The van der Waals surface area contributed by atoms with E-state index in [4.69, 9.17) is 0 Å². The monoisotopic (exact) mass is 255 g/mol. The molecule has 88 valence electrons. The van der Waals surface area contributed by atoms with Gasteiger partial charge in [0.15, 0.2) is 0 Å². The smallest absolute Gasteiger partial charge is 0.251 e. The molecule has 8 heteroatoms. The zero-order chi connectivity index (χ0) is 12.4. The highest BCUT2D eigenvalue weighted by Gasteiger charge is 2.31. The van der Waals surface area contributed by atoms with Gasteiger partial charge in [-0.25, -0.2) is 0 Å². The normalized spacial score (nSPS) is 13.2. The summed E-state index contributed by atoms with van der Waals surface area (Å²) in [6.45, 7) is 0. The predicted molar refractivity (Wildman–Crippen MR) is 48.3 cm³/mol. The van der Waals surface area contributed by atoms with E-state index in [0.717, 1.165) is 18.3 Å². The van der Waals surface area contributed by atoms with Gasteiger partial charge in [0.1, 0.15) is 5.69 Å². The van der Waals surface area contributed by atoms with Crippen molar-refractivity contribution in [3.8, 4) is 0 Å². The summed E-state index contributed by atoms with van der Waals surface area (Å²) in [6, 6.07) is 1.65. The molecule has 0 saturated heterocycles. The molecule has 0 radical (unpaired) electrons. The summed E-state index contributed by atoms with van der Waals surface area (Å²) in [6.07, 6.45) is -2.96. The molecular weight excluding hydrogens is 250 g/mol. The Morgan fingerprint density at radius 2 is 1.88 bits per heavy atom. The number of hydrogen-bond donors (Lipinski definition) is 0. The Hall–Kier alpha value is -1.44.